The number of fused-ring (bicyclic) bond motifs is 4. The molecule has 0 aromatic heterocycles. The lowest BCUT2D eigenvalue weighted by molar-refractivity contribution is 0.368. The molecule has 0 unspecified atom stereocenters. The molecule has 0 saturated heterocycles. The second-order valence-corrected chi connectivity index (χ2v) is 3.90. The van der Waals surface area contributed by atoms with E-state index < -0.39 is 8.60 Å². The Labute approximate surface area is 94.6 Å². The molecule has 2 aromatic rings. The van der Waals surface area contributed by atoms with Crippen LogP contribution in [0.15, 0.2) is 48.5 Å². The molecule has 0 heterocycles. The van der Waals surface area contributed by atoms with Crippen molar-refractivity contribution in [2.45, 2.75) is 0 Å². The highest BCUT2D eigenvalue weighted by Crippen LogP contribution is 2.46. The van der Waals surface area contributed by atoms with Gasteiger partial charge in [-0.05, 0) is 22.3 Å². The van der Waals surface area contributed by atoms with E-state index in [4.69, 9.17) is 14.7 Å². The van der Waals surface area contributed by atoms with Gasteiger partial charge in [-0.15, -0.1) is 0 Å². The average Bonchev–Trinajstić information content (AvgIpc) is 2.25. The Kier molecular flexibility index (Phi) is 3.32. The molecule has 3 rings (SSSR count). The molecule has 82 valence electrons. The fourth-order valence-electron chi connectivity index (χ4n) is 1.84. The maximum absolute atomic E-state index is 7.23. The highest BCUT2D eigenvalue weighted by atomic mass is 31.2. The minimum atomic E-state index is -2.62. The summed E-state index contributed by atoms with van der Waals surface area (Å²) in [5, 5.41) is 0. The molecule has 4 heteroatoms. The predicted molar refractivity (Wildman–Crippen MR) is 64.4 cm³/mol. The van der Waals surface area contributed by atoms with Gasteiger partial charge in [-0.2, -0.15) is 0 Å². The Morgan fingerprint density at radius 3 is 0.938 bits per heavy atom. The summed E-state index contributed by atoms with van der Waals surface area (Å²) in [5.74, 6) is 0. The fourth-order valence-corrected chi connectivity index (χ4v) is 1.84. The molecule has 0 spiro atoms. The van der Waals surface area contributed by atoms with Crippen molar-refractivity contribution in [3.63, 3.8) is 0 Å². The summed E-state index contributed by atoms with van der Waals surface area (Å²) >= 11 is 0. The van der Waals surface area contributed by atoms with Gasteiger partial charge in [0.1, 0.15) is 0 Å². The van der Waals surface area contributed by atoms with Crippen molar-refractivity contribution in [2.75, 3.05) is 0 Å². The molecule has 3 nitrogen and oxygen atoms in total. The second kappa shape index (κ2) is 4.73. The van der Waals surface area contributed by atoms with Gasteiger partial charge in [-0.25, -0.2) is 0 Å². The van der Waals surface area contributed by atoms with Gasteiger partial charge < -0.3 is 14.7 Å². The molecule has 1 aliphatic rings. The topological polar surface area (TPSA) is 60.7 Å². The Morgan fingerprint density at radius 2 is 0.750 bits per heavy atom. The zero-order valence-electron chi connectivity index (χ0n) is 8.41. The first-order chi connectivity index (χ1) is 7.70. The third-order valence-corrected chi connectivity index (χ3v) is 2.43. The molecule has 3 N–H and O–H groups in total. The first-order valence-corrected chi connectivity index (χ1v) is 5.95. The Balaban J connectivity index is 0.000000212. The van der Waals surface area contributed by atoms with Crippen LogP contribution >= 0.6 is 8.60 Å². The van der Waals surface area contributed by atoms with Crippen LogP contribution in [-0.4, -0.2) is 14.7 Å². The maximum atomic E-state index is 7.23. The lowest BCUT2D eigenvalue weighted by Gasteiger charge is -2.22. The quantitative estimate of drug-likeness (QED) is 0.524. The minimum Gasteiger partial charge on any atom is -0.328 e. The lowest BCUT2D eigenvalue weighted by atomic mass is 9.81. The summed E-state index contributed by atoms with van der Waals surface area (Å²) in [4.78, 5) is 21.7. The van der Waals surface area contributed by atoms with Gasteiger partial charge in [-0.3, -0.25) is 0 Å². The van der Waals surface area contributed by atoms with Crippen molar-refractivity contribution in [2.24, 2.45) is 0 Å². The van der Waals surface area contributed by atoms with Crippen molar-refractivity contribution in [3.05, 3.63) is 48.5 Å². The van der Waals surface area contributed by atoms with Gasteiger partial charge in [0, 0.05) is 0 Å². The number of benzene rings is 2. The normalized spacial score (nSPS) is 10.8. The zero-order chi connectivity index (χ0) is 11.5. The molecule has 0 fully saturated rings. The highest BCUT2D eigenvalue weighted by Gasteiger charge is 2.19. The third kappa shape index (κ3) is 2.13. The fraction of sp³-hybridized carbons (Fsp3) is 0. The van der Waals surface area contributed by atoms with Crippen LogP contribution in [0.25, 0.3) is 22.3 Å². The molecule has 0 saturated carbocycles. The SMILES string of the molecule is OP(O)O.c1ccc2c(c1)-c1ccccc1-2. The van der Waals surface area contributed by atoms with E-state index in [1.807, 2.05) is 0 Å². The van der Waals surface area contributed by atoms with Crippen LogP contribution in [0, 0.1) is 0 Å². The highest BCUT2D eigenvalue weighted by molar-refractivity contribution is 7.38. The van der Waals surface area contributed by atoms with Crippen molar-refractivity contribution in [1.82, 2.24) is 0 Å². The molecular formula is C12H11O3P. The van der Waals surface area contributed by atoms with E-state index >= 15 is 0 Å². The molecular weight excluding hydrogens is 223 g/mol. The van der Waals surface area contributed by atoms with Crippen LogP contribution in [0.2, 0.25) is 0 Å². The maximum Gasteiger partial charge on any atom is 0.324 e. The smallest absolute Gasteiger partial charge is 0.324 e. The predicted octanol–water partition coefficient (Wildman–Crippen LogP) is 2.52. The van der Waals surface area contributed by atoms with E-state index in [9.17, 15) is 0 Å². The van der Waals surface area contributed by atoms with Crippen molar-refractivity contribution in [1.29, 1.82) is 0 Å². The van der Waals surface area contributed by atoms with E-state index in [0.29, 0.717) is 0 Å². The first kappa shape index (κ1) is 11.2. The summed E-state index contributed by atoms with van der Waals surface area (Å²) in [7, 11) is -2.62. The monoisotopic (exact) mass is 234 g/mol. The third-order valence-electron chi connectivity index (χ3n) is 2.43. The van der Waals surface area contributed by atoms with Crippen LogP contribution < -0.4 is 0 Å². The van der Waals surface area contributed by atoms with Crippen LogP contribution in [-0.2, 0) is 0 Å². The van der Waals surface area contributed by atoms with E-state index in [2.05, 4.69) is 48.5 Å². The van der Waals surface area contributed by atoms with Gasteiger partial charge in [0.15, 0.2) is 0 Å². The molecule has 0 radical (unpaired) electrons. The van der Waals surface area contributed by atoms with Gasteiger partial charge in [0.2, 0.25) is 0 Å². The van der Waals surface area contributed by atoms with Gasteiger partial charge in [0.25, 0.3) is 0 Å². The molecule has 0 atom stereocenters. The molecule has 0 aliphatic heterocycles. The largest absolute Gasteiger partial charge is 0.328 e. The lowest BCUT2D eigenvalue weighted by Crippen LogP contribution is -1.96. The van der Waals surface area contributed by atoms with Gasteiger partial charge in [0.05, 0.1) is 0 Å². The second-order valence-electron chi connectivity index (χ2n) is 3.36. The van der Waals surface area contributed by atoms with Gasteiger partial charge >= 0.3 is 8.60 Å². The Hall–Kier alpha value is -1.25. The van der Waals surface area contributed by atoms with Crippen LogP contribution in [0.4, 0.5) is 0 Å². The summed E-state index contributed by atoms with van der Waals surface area (Å²) < 4.78 is 0. The molecule has 0 bridgehead atoms. The molecule has 0 amide bonds. The molecule has 2 aromatic carbocycles. The van der Waals surface area contributed by atoms with Crippen molar-refractivity contribution in [3.8, 4) is 22.3 Å². The summed E-state index contributed by atoms with van der Waals surface area (Å²) in [6.45, 7) is 0. The zero-order valence-corrected chi connectivity index (χ0v) is 9.30. The summed E-state index contributed by atoms with van der Waals surface area (Å²) in [6, 6.07) is 17.1. The van der Waals surface area contributed by atoms with E-state index in [-0.39, 0.29) is 0 Å². The van der Waals surface area contributed by atoms with Gasteiger partial charge in [-0.1, -0.05) is 48.5 Å². The Morgan fingerprint density at radius 1 is 0.562 bits per heavy atom. The average molecular weight is 234 g/mol. The van der Waals surface area contributed by atoms with Crippen LogP contribution in [0.5, 0.6) is 0 Å². The molecule has 1 aliphatic carbocycles. The van der Waals surface area contributed by atoms with Crippen molar-refractivity contribution >= 4 is 8.60 Å². The van der Waals surface area contributed by atoms with E-state index in [1.54, 1.807) is 0 Å². The standard InChI is InChI=1S/C12H8.H3O3P/c1-2-6-10-9(5-1)11-7-3-4-8-12(10)11;1-4(2)3/h1-8H;1-3H. The number of rotatable bonds is 0. The Bertz CT molecular complexity index is 394. The summed E-state index contributed by atoms with van der Waals surface area (Å²) in [5.41, 5.74) is 5.59. The van der Waals surface area contributed by atoms with Crippen LogP contribution in [0.3, 0.4) is 0 Å². The van der Waals surface area contributed by atoms with E-state index in [1.165, 1.54) is 22.3 Å². The summed E-state index contributed by atoms with van der Waals surface area (Å²) in [6.07, 6.45) is 0. The van der Waals surface area contributed by atoms with E-state index in [0.717, 1.165) is 0 Å². The number of hydrogen-bond donors (Lipinski definition) is 3. The molecule has 16 heavy (non-hydrogen) atoms. The van der Waals surface area contributed by atoms with Crippen LogP contribution in [0.1, 0.15) is 0 Å². The minimum absolute atomic E-state index is 1.40. The van der Waals surface area contributed by atoms with Crippen molar-refractivity contribution < 1.29 is 14.7 Å². The number of hydrogen-bond acceptors (Lipinski definition) is 3. The first-order valence-electron chi connectivity index (χ1n) is 4.75.